The Morgan fingerprint density at radius 1 is 1.29 bits per heavy atom. The van der Waals surface area contributed by atoms with Crippen LogP contribution in [0, 0.1) is 0 Å². The van der Waals surface area contributed by atoms with Crippen LogP contribution in [0.15, 0.2) is 47.0 Å². The molecule has 3 rings (SSSR count). The van der Waals surface area contributed by atoms with Crippen LogP contribution in [0.4, 0.5) is 0 Å². The lowest BCUT2D eigenvalue weighted by Gasteiger charge is -2.26. The number of ether oxygens (including phenoxy) is 1. The number of rotatable bonds is 4. The summed E-state index contributed by atoms with van der Waals surface area (Å²) in [6.45, 7) is 0.774. The van der Waals surface area contributed by atoms with Gasteiger partial charge in [-0.05, 0) is 30.5 Å². The molecule has 128 valence electrons. The molecule has 0 aromatic heterocycles. The van der Waals surface area contributed by atoms with E-state index in [1.807, 2.05) is 24.3 Å². The van der Waals surface area contributed by atoms with E-state index in [9.17, 15) is 9.90 Å². The van der Waals surface area contributed by atoms with Crippen molar-refractivity contribution in [1.29, 1.82) is 0 Å². The van der Waals surface area contributed by atoms with Gasteiger partial charge in [-0.3, -0.25) is 4.79 Å². The van der Waals surface area contributed by atoms with Crippen LogP contribution in [-0.2, 0) is 4.79 Å². The second-order valence-corrected chi connectivity index (χ2v) is 6.95. The van der Waals surface area contributed by atoms with Gasteiger partial charge in [0.25, 0.3) is 5.91 Å². The van der Waals surface area contributed by atoms with Crippen LogP contribution >= 0.6 is 11.8 Å². The van der Waals surface area contributed by atoms with Crippen molar-refractivity contribution in [3.63, 3.8) is 0 Å². The monoisotopic (exact) mass is 346 g/mol. The number of carbonyl (C=O) groups excluding carboxylic acids is 1. The van der Waals surface area contributed by atoms with E-state index in [0.717, 1.165) is 34.8 Å². The van der Waals surface area contributed by atoms with Crippen molar-refractivity contribution in [2.75, 3.05) is 20.2 Å². The molecule has 5 nitrogen and oxygen atoms in total. The van der Waals surface area contributed by atoms with E-state index in [0.29, 0.717) is 13.1 Å². The number of allylic oxidation sites excluding steroid dienone is 2. The van der Waals surface area contributed by atoms with E-state index < -0.39 is 6.10 Å². The first-order valence-corrected chi connectivity index (χ1v) is 8.94. The van der Waals surface area contributed by atoms with Crippen molar-refractivity contribution >= 4 is 17.7 Å². The predicted molar refractivity (Wildman–Crippen MR) is 95.5 cm³/mol. The molecule has 1 amide bonds. The van der Waals surface area contributed by atoms with Crippen molar-refractivity contribution < 1.29 is 14.6 Å². The summed E-state index contributed by atoms with van der Waals surface area (Å²) < 4.78 is 5.19. The first kappa shape index (κ1) is 17.1. The van der Waals surface area contributed by atoms with Gasteiger partial charge in [0, 0.05) is 18.0 Å². The van der Waals surface area contributed by atoms with Gasteiger partial charge in [-0.2, -0.15) is 0 Å². The van der Waals surface area contributed by atoms with E-state index in [4.69, 9.17) is 10.5 Å². The summed E-state index contributed by atoms with van der Waals surface area (Å²) >= 11 is 1.54. The van der Waals surface area contributed by atoms with Crippen LogP contribution in [0.2, 0.25) is 0 Å². The molecular formula is C18H22N2O3S. The Balaban J connectivity index is 1.97. The SMILES string of the molecule is COc1ccc(C2SC3=CCCC=C3N(CCN)C(=O)C2O)cc1. The van der Waals surface area contributed by atoms with Crippen molar-refractivity contribution in [1.82, 2.24) is 4.90 Å². The molecule has 1 heterocycles. The number of fused-ring (bicyclic) bond motifs is 1. The average molecular weight is 346 g/mol. The Bertz CT molecular complexity index is 669. The van der Waals surface area contributed by atoms with E-state index in [-0.39, 0.29) is 11.2 Å². The topological polar surface area (TPSA) is 75.8 Å². The normalized spacial score (nSPS) is 24.0. The number of hydrogen-bond donors (Lipinski definition) is 2. The van der Waals surface area contributed by atoms with Crippen LogP contribution in [-0.4, -0.2) is 42.2 Å². The summed E-state index contributed by atoms with van der Waals surface area (Å²) in [5, 5.41) is 10.4. The van der Waals surface area contributed by atoms with Crippen molar-refractivity contribution in [3.8, 4) is 5.75 Å². The third-order valence-corrected chi connectivity index (χ3v) is 5.65. The van der Waals surface area contributed by atoms with Gasteiger partial charge in [0.05, 0.1) is 18.1 Å². The first-order valence-electron chi connectivity index (χ1n) is 8.06. The van der Waals surface area contributed by atoms with Gasteiger partial charge >= 0.3 is 0 Å². The van der Waals surface area contributed by atoms with Gasteiger partial charge in [-0.1, -0.05) is 24.3 Å². The Hall–Kier alpha value is -1.76. The van der Waals surface area contributed by atoms with Crippen LogP contribution in [0.1, 0.15) is 23.7 Å². The van der Waals surface area contributed by atoms with Gasteiger partial charge in [0.2, 0.25) is 0 Å². The number of nitrogens with two attached hydrogens (primary N) is 1. The zero-order valence-electron chi connectivity index (χ0n) is 13.6. The zero-order chi connectivity index (χ0) is 17.1. The molecule has 1 aliphatic carbocycles. The lowest BCUT2D eigenvalue weighted by molar-refractivity contribution is -0.137. The third-order valence-electron chi connectivity index (χ3n) is 4.23. The predicted octanol–water partition coefficient (Wildman–Crippen LogP) is 2.19. The molecule has 24 heavy (non-hydrogen) atoms. The highest BCUT2D eigenvalue weighted by Gasteiger charge is 2.38. The minimum Gasteiger partial charge on any atom is -0.497 e. The molecule has 0 saturated carbocycles. The van der Waals surface area contributed by atoms with Crippen LogP contribution in [0.25, 0.3) is 0 Å². The number of nitrogens with zero attached hydrogens (tertiary/aromatic N) is 1. The van der Waals surface area contributed by atoms with Crippen LogP contribution in [0.5, 0.6) is 5.75 Å². The van der Waals surface area contributed by atoms with Gasteiger partial charge in [-0.25, -0.2) is 0 Å². The smallest absolute Gasteiger partial charge is 0.257 e. The maximum atomic E-state index is 12.8. The Morgan fingerprint density at radius 2 is 2.00 bits per heavy atom. The number of benzene rings is 1. The van der Waals surface area contributed by atoms with E-state index in [1.165, 1.54) is 0 Å². The molecule has 6 heteroatoms. The molecule has 0 radical (unpaired) electrons. The average Bonchev–Trinajstić information content (AvgIpc) is 2.73. The molecule has 1 aromatic carbocycles. The number of methoxy groups -OCH3 is 1. The van der Waals surface area contributed by atoms with Gasteiger partial charge in [0.1, 0.15) is 11.9 Å². The lowest BCUT2D eigenvalue weighted by atomic mass is 10.1. The molecule has 2 atom stereocenters. The zero-order valence-corrected chi connectivity index (χ0v) is 14.5. The van der Waals surface area contributed by atoms with E-state index in [2.05, 4.69) is 12.2 Å². The van der Waals surface area contributed by atoms with Crippen molar-refractivity contribution in [3.05, 3.63) is 52.6 Å². The standard InChI is InChI=1S/C18H22N2O3S/c1-23-13-8-6-12(7-9-13)17-16(21)18(22)20(11-10-19)14-4-2-3-5-15(14)24-17/h4-9,16-17,21H,2-3,10-11,19H2,1H3. The van der Waals surface area contributed by atoms with Crippen molar-refractivity contribution in [2.45, 2.75) is 24.2 Å². The number of aliphatic hydroxyl groups is 1. The molecule has 1 fully saturated rings. The number of amides is 1. The fraction of sp³-hybridized carbons (Fsp3) is 0.389. The molecule has 0 bridgehead atoms. The molecule has 1 aromatic rings. The molecule has 1 saturated heterocycles. The summed E-state index contributed by atoms with van der Waals surface area (Å²) in [5.41, 5.74) is 7.47. The van der Waals surface area contributed by atoms with E-state index >= 15 is 0 Å². The fourth-order valence-corrected chi connectivity index (χ4v) is 4.34. The highest BCUT2D eigenvalue weighted by molar-refractivity contribution is 8.03. The lowest BCUT2D eigenvalue weighted by Crippen LogP contribution is -2.41. The molecule has 0 spiro atoms. The second kappa shape index (κ2) is 7.42. The highest BCUT2D eigenvalue weighted by atomic mass is 32.2. The molecule has 1 aliphatic heterocycles. The fourth-order valence-electron chi connectivity index (χ4n) is 3.00. The maximum Gasteiger partial charge on any atom is 0.257 e. The molecule has 3 N–H and O–H groups in total. The quantitative estimate of drug-likeness (QED) is 0.874. The third kappa shape index (κ3) is 3.22. The van der Waals surface area contributed by atoms with Gasteiger partial charge < -0.3 is 20.5 Å². The summed E-state index contributed by atoms with van der Waals surface area (Å²) in [5.74, 6) is 0.464. The second-order valence-electron chi connectivity index (χ2n) is 5.77. The van der Waals surface area contributed by atoms with Crippen LogP contribution in [0.3, 0.4) is 0 Å². The molecule has 2 aliphatic rings. The molecule has 2 unspecified atom stereocenters. The minimum absolute atomic E-state index is 0.287. The summed E-state index contributed by atoms with van der Waals surface area (Å²) in [4.78, 5) is 15.5. The Morgan fingerprint density at radius 3 is 2.67 bits per heavy atom. The number of thioether (sulfide) groups is 1. The number of carbonyl (C=O) groups is 1. The first-order chi connectivity index (χ1) is 11.7. The number of hydrogen-bond acceptors (Lipinski definition) is 5. The molecular weight excluding hydrogens is 324 g/mol. The largest absolute Gasteiger partial charge is 0.497 e. The van der Waals surface area contributed by atoms with Crippen LogP contribution < -0.4 is 10.5 Å². The minimum atomic E-state index is -1.11. The highest BCUT2D eigenvalue weighted by Crippen LogP contribution is 2.46. The van der Waals surface area contributed by atoms with Gasteiger partial charge in [0.15, 0.2) is 0 Å². The van der Waals surface area contributed by atoms with Crippen molar-refractivity contribution in [2.24, 2.45) is 5.73 Å². The summed E-state index contributed by atoms with van der Waals surface area (Å²) in [6.07, 6.45) is 4.95. The Kier molecular flexibility index (Phi) is 5.28. The summed E-state index contributed by atoms with van der Waals surface area (Å²) in [6, 6.07) is 7.50. The van der Waals surface area contributed by atoms with Gasteiger partial charge in [-0.15, -0.1) is 11.8 Å². The van der Waals surface area contributed by atoms with E-state index in [1.54, 1.807) is 23.8 Å². The summed E-state index contributed by atoms with van der Waals surface area (Å²) in [7, 11) is 1.61. The number of aliphatic hydroxyl groups excluding tert-OH is 1. The Labute approximate surface area is 146 Å². The maximum absolute atomic E-state index is 12.8.